The van der Waals surface area contributed by atoms with Gasteiger partial charge < -0.3 is 10.3 Å². The standard InChI is InChI=1S/C7H9N3S/c8-6(11)5-1-3-10-4-2-9-7(5)10/h2,4-5H,1,3H2,(H2,8,11)/t5-/m0/s1. The van der Waals surface area contributed by atoms with E-state index in [9.17, 15) is 0 Å². The number of aryl methyl sites for hydroxylation is 1. The highest BCUT2D eigenvalue weighted by Crippen LogP contribution is 2.25. The number of imidazole rings is 1. The fourth-order valence-corrected chi connectivity index (χ4v) is 1.71. The molecule has 2 N–H and O–H groups in total. The first-order valence-corrected chi connectivity index (χ1v) is 4.00. The first-order valence-electron chi connectivity index (χ1n) is 3.59. The molecule has 0 bridgehead atoms. The van der Waals surface area contributed by atoms with E-state index in [4.69, 9.17) is 18.0 Å². The molecule has 58 valence electrons. The number of aromatic nitrogens is 2. The zero-order valence-electron chi connectivity index (χ0n) is 6.03. The van der Waals surface area contributed by atoms with Gasteiger partial charge >= 0.3 is 0 Å². The van der Waals surface area contributed by atoms with Crippen molar-refractivity contribution in [1.29, 1.82) is 0 Å². The maximum Gasteiger partial charge on any atom is 0.118 e. The van der Waals surface area contributed by atoms with Crippen LogP contribution in [-0.2, 0) is 6.54 Å². The van der Waals surface area contributed by atoms with Crippen molar-refractivity contribution in [1.82, 2.24) is 9.55 Å². The summed E-state index contributed by atoms with van der Waals surface area (Å²) < 4.78 is 2.10. The SMILES string of the molecule is NC(=S)[C@@H]1CCn2ccnc21. The summed E-state index contributed by atoms with van der Waals surface area (Å²) in [7, 11) is 0. The molecule has 0 aromatic carbocycles. The third-order valence-corrected chi connectivity index (χ3v) is 2.35. The summed E-state index contributed by atoms with van der Waals surface area (Å²) in [5.74, 6) is 1.23. The summed E-state index contributed by atoms with van der Waals surface area (Å²) in [4.78, 5) is 4.76. The lowest BCUT2D eigenvalue weighted by molar-refractivity contribution is 0.739. The fourth-order valence-electron chi connectivity index (χ4n) is 1.49. The van der Waals surface area contributed by atoms with Crippen molar-refractivity contribution in [3.8, 4) is 0 Å². The monoisotopic (exact) mass is 167 g/mol. The number of hydrogen-bond donors (Lipinski definition) is 1. The van der Waals surface area contributed by atoms with Gasteiger partial charge in [0, 0.05) is 18.9 Å². The maximum atomic E-state index is 5.55. The molecule has 2 rings (SSSR count). The molecule has 0 spiro atoms. The second kappa shape index (κ2) is 2.30. The number of nitrogens with two attached hydrogens (primary N) is 1. The highest BCUT2D eigenvalue weighted by Gasteiger charge is 2.25. The van der Waals surface area contributed by atoms with Crippen molar-refractivity contribution in [2.75, 3.05) is 0 Å². The zero-order chi connectivity index (χ0) is 7.84. The Morgan fingerprint density at radius 2 is 2.64 bits per heavy atom. The molecule has 0 fully saturated rings. The highest BCUT2D eigenvalue weighted by molar-refractivity contribution is 7.80. The average Bonchev–Trinajstić information content (AvgIpc) is 2.41. The molecule has 0 radical (unpaired) electrons. The van der Waals surface area contributed by atoms with Crippen LogP contribution in [0.5, 0.6) is 0 Å². The minimum Gasteiger partial charge on any atom is -0.393 e. The Bertz CT molecular complexity index is 292. The van der Waals surface area contributed by atoms with E-state index in [0.29, 0.717) is 4.99 Å². The first kappa shape index (κ1) is 6.79. The van der Waals surface area contributed by atoms with Crippen LogP contribution in [0.3, 0.4) is 0 Å². The molecule has 0 aliphatic carbocycles. The molecular weight excluding hydrogens is 158 g/mol. The fraction of sp³-hybridized carbons (Fsp3) is 0.429. The Morgan fingerprint density at radius 1 is 1.82 bits per heavy atom. The van der Waals surface area contributed by atoms with Crippen LogP contribution in [0.4, 0.5) is 0 Å². The van der Waals surface area contributed by atoms with E-state index in [0.717, 1.165) is 18.8 Å². The average molecular weight is 167 g/mol. The van der Waals surface area contributed by atoms with E-state index in [1.54, 1.807) is 6.20 Å². The number of rotatable bonds is 1. The Kier molecular flexibility index (Phi) is 1.42. The van der Waals surface area contributed by atoms with Gasteiger partial charge in [0.1, 0.15) is 5.82 Å². The van der Waals surface area contributed by atoms with E-state index < -0.39 is 0 Å². The molecule has 0 unspecified atom stereocenters. The van der Waals surface area contributed by atoms with Crippen LogP contribution >= 0.6 is 12.2 Å². The summed E-state index contributed by atoms with van der Waals surface area (Å²) >= 11 is 4.92. The van der Waals surface area contributed by atoms with E-state index in [1.807, 2.05) is 6.20 Å². The lowest BCUT2D eigenvalue weighted by Crippen LogP contribution is -2.17. The third kappa shape index (κ3) is 0.939. The van der Waals surface area contributed by atoms with Gasteiger partial charge in [-0.25, -0.2) is 4.98 Å². The number of thiocarbonyl (C=S) groups is 1. The summed E-state index contributed by atoms with van der Waals surface area (Å²) in [6, 6.07) is 0. The van der Waals surface area contributed by atoms with Crippen molar-refractivity contribution in [3.05, 3.63) is 18.2 Å². The van der Waals surface area contributed by atoms with Crippen LogP contribution in [0, 0.1) is 0 Å². The van der Waals surface area contributed by atoms with Crippen molar-refractivity contribution in [2.45, 2.75) is 18.9 Å². The number of fused-ring (bicyclic) bond motifs is 1. The van der Waals surface area contributed by atoms with Crippen LogP contribution in [0.1, 0.15) is 18.2 Å². The lowest BCUT2D eigenvalue weighted by atomic mass is 10.1. The topological polar surface area (TPSA) is 43.8 Å². The molecule has 0 saturated heterocycles. The van der Waals surface area contributed by atoms with E-state index in [-0.39, 0.29) is 5.92 Å². The van der Waals surface area contributed by atoms with Gasteiger partial charge in [0.15, 0.2) is 0 Å². The predicted octanol–water partition coefficient (Wildman–Crippen LogP) is 0.657. The number of nitrogens with zero attached hydrogens (tertiary/aromatic N) is 2. The molecule has 1 aliphatic rings. The maximum absolute atomic E-state index is 5.55. The van der Waals surface area contributed by atoms with Crippen LogP contribution < -0.4 is 5.73 Å². The largest absolute Gasteiger partial charge is 0.393 e. The van der Waals surface area contributed by atoms with Gasteiger partial charge in [-0.3, -0.25) is 0 Å². The van der Waals surface area contributed by atoms with E-state index >= 15 is 0 Å². The Labute approximate surface area is 70.2 Å². The van der Waals surface area contributed by atoms with E-state index in [2.05, 4.69) is 9.55 Å². The normalized spacial score (nSPS) is 21.6. The molecule has 1 atom stereocenters. The van der Waals surface area contributed by atoms with Gasteiger partial charge in [-0.05, 0) is 6.42 Å². The van der Waals surface area contributed by atoms with Crippen molar-refractivity contribution < 1.29 is 0 Å². The summed E-state index contributed by atoms with van der Waals surface area (Å²) in [6.07, 6.45) is 4.77. The summed E-state index contributed by atoms with van der Waals surface area (Å²) in [5, 5.41) is 0. The first-order chi connectivity index (χ1) is 5.29. The highest BCUT2D eigenvalue weighted by atomic mass is 32.1. The quantitative estimate of drug-likeness (QED) is 0.625. The molecule has 11 heavy (non-hydrogen) atoms. The van der Waals surface area contributed by atoms with Gasteiger partial charge in [0.2, 0.25) is 0 Å². The third-order valence-electron chi connectivity index (χ3n) is 2.06. The summed E-state index contributed by atoms with van der Waals surface area (Å²) in [5.41, 5.74) is 5.55. The second-order valence-corrected chi connectivity index (χ2v) is 3.19. The van der Waals surface area contributed by atoms with Crippen molar-refractivity contribution in [2.24, 2.45) is 5.73 Å². The van der Waals surface area contributed by atoms with Crippen LogP contribution in [0.25, 0.3) is 0 Å². The zero-order valence-corrected chi connectivity index (χ0v) is 6.84. The van der Waals surface area contributed by atoms with Crippen molar-refractivity contribution in [3.63, 3.8) is 0 Å². The van der Waals surface area contributed by atoms with Gasteiger partial charge in [-0.15, -0.1) is 0 Å². The Hall–Kier alpha value is -0.900. The molecule has 0 amide bonds. The second-order valence-electron chi connectivity index (χ2n) is 2.72. The number of hydrogen-bond acceptors (Lipinski definition) is 2. The van der Waals surface area contributed by atoms with E-state index in [1.165, 1.54) is 0 Å². The molecule has 2 heterocycles. The van der Waals surface area contributed by atoms with Gasteiger partial charge in [0.05, 0.1) is 10.9 Å². The lowest BCUT2D eigenvalue weighted by Gasteiger charge is -2.03. The van der Waals surface area contributed by atoms with Crippen LogP contribution in [-0.4, -0.2) is 14.5 Å². The predicted molar refractivity (Wildman–Crippen MR) is 46.4 cm³/mol. The Balaban J connectivity index is 2.38. The molecule has 0 saturated carbocycles. The van der Waals surface area contributed by atoms with Crippen LogP contribution in [0.2, 0.25) is 0 Å². The molecule has 4 heteroatoms. The molecule has 1 aromatic rings. The smallest absolute Gasteiger partial charge is 0.118 e. The van der Waals surface area contributed by atoms with Gasteiger partial charge in [-0.1, -0.05) is 12.2 Å². The van der Waals surface area contributed by atoms with Gasteiger partial charge in [0.25, 0.3) is 0 Å². The molecular formula is C7H9N3S. The summed E-state index contributed by atoms with van der Waals surface area (Å²) in [6.45, 7) is 0.997. The van der Waals surface area contributed by atoms with Crippen LogP contribution in [0.15, 0.2) is 12.4 Å². The Morgan fingerprint density at radius 3 is 3.36 bits per heavy atom. The van der Waals surface area contributed by atoms with Gasteiger partial charge in [-0.2, -0.15) is 0 Å². The molecule has 1 aliphatic heterocycles. The minimum absolute atomic E-state index is 0.208. The minimum atomic E-state index is 0.208. The molecule has 1 aromatic heterocycles. The molecule has 3 nitrogen and oxygen atoms in total. The van der Waals surface area contributed by atoms with Crippen molar-refractivity contribution >= 4 is 17.2 Å².